The standard InChI is InChI=1S/C44H62ClN3O12/c1-23-20-31-29(24(2)22-47(26(4)49)28-17-18-28)19-16-25(3)44(31,55)36(35(23)56-27(5)50)57-37(51)33-21-43(59-40(54)58-42(9,10)11)30-14-13-15-32(45)34(30)46(12)60-38(43)48(33,39(52)53)41(6,7)8/h13-15,20,24-25,28-29,31,33,35-36,38,55H,16-19,21-22H2,1-12H3/t24?,25-,29+,31-,33+,35?,36+,38-,43-,44-,48?/m1/s1. The van der Waals surface area contributed by atoms with Crippen molar-refractivity contribution in [3.05, 3.63) is 40.4 Å². The molecule has 0 radical (unpaired) electrons. The van der Waals surface area contributed by atoms with E-state index in [4.69, 9.17) is 35.4 Å². The minimum absolute atomic E-state index is 0.0140. The lowest BCUT2D eigenvalue weighted by molar-refractivity contribution is -0.967. The highest BCUT2D eigenvalue weighted by Gasteiger charge is 2.77. The molecule has 6 rings (SSSR count). The number of carbonyl (C=O) groups excluding carboxylic acids is 5. The first-order valence-electron chi connectivity index (χ1n) is 21.0. The van der Waals surface area contributed by atoms with E-state index >= 15 is 4.79 Å². The van der Waals surface area contributed by atoms with Gasteiger partial charge < -0.3 is 38.9 Å². The topological polar surface area (TPSA) is 181 Å². The Morgan fingerprint density at radius 3 is 2.27 bits per heavy atom. The van der Waals surface area contributed by atoms with Crippen molar-refractivity contribution >= 4 is 47.4 Å². The summed E-state index contributed by atoms with van der Waals surface area (Å²) in [6, 6.07) is 3.32. The third kappa shape index (κ3) is 7.55. The molecule has 11 atom stereocenters. The van der Waals surface area contributed by atoms with Gasteiger partial charge in [-0.25, -0.2) is 24.0 Å². The lowest BCUT2D eigenvalue weighted by Gasteiger charge is -2.56. The molecule has 3 unspecified atom stereocenters. The Hall–Kier alpha value is -3.92. The molecule has 3 fully saturated rings. The fourth-order valence-corrected chi connectivity index (χ4v) is 11.0. The van der Waals surface area contributed by atoms with Gasteiger partial charge in [0.1, 0.15) is 11.2 Å². The van der Waals surface area contributed by atoms with Crippen molar-refractivity contribution in [2.45, 2.75) is 161 Å². The summed E-state index contributed by atoms with van der Waals surface area (Å²) in [6.07, 6.45) is -2.74. The van der Waals surface area contributed by atoms with Crippen LogP contribution < -0.4 is 10.2 Å². The Morgan fingerprint density at radius 1 is 1.07 bits per heavy atom. The van der Waals surface area contributed by atoms with Crippen LogP contribution >= 0.6 is 11.6 Å². The number of halogens is 1. The van der Waals surface area contributed by atoms with Crippen molar-refractivity contribution < 1.29 is 62.5 Å². The van der Waals surface area contributed by atoms with Gasteiger partial charge in [0.25, 0.3) is 12.3 Å². The number of hydrogen-bond acceptors (Lipinski definition) is 13. The van der Waals surface area contributed by atoms with E-state index in [1.165, 1.54) is 19.0 Å². The van der Waals surface area contributed by atoms with E-state index in [1.807, 2.05) is 17.9 Å². The van der Waals surface area contributed by atoms with Gasteiger partial charge in [0.2, 0.25) is 17.6 Å². The zero-order valence-electron chi connectivity index (χ0n) is 36.9. The summed E-state index contributed by atoms with van der Waals surface area (Å²) in [4.78, 5) is 77.1. The van der Waals surface area contributed by atoms with Gasteiger partial charge in [-0.3, -0.25) is 9.59 Å². The molecular formula is C44H62ClN3O12. The number of quaternary nitrogens is 1. The summed E-state index contributed by atoms with van der Waals surface area (Å²) in [5.74, 6) is -3.10. The second-order valence-corrected chi connectivity index (χ2v) is 20.1. The van der Waals surface area contributed by atoms with E-state index in [1.54, 1.807) is 73.6 Å². The number of likely N-dealkylation sites (tertiary alicyclic amines) is 1. The molecule has 2 amide bonds. The van der Waals surface area contributed by atoms with E-state index in [-0.39, 0.29) is 40.1 Å². The maximum absolute atomic E-state index is 15.4. The van der Waals surface area contributed by atoms with Crippen LogP contribution in [0.3, 0.4) is 0 Å². The molecule has 0 aromatic heterocycles. The average molecular weight is 860 g/mol. The third-order valence-corrected chi connectivity index (χ3v) is 13.9. The Bertz CT molecular complexity index is 1940. The smallest absolute Gasteiger partial charge is 0.498 e. The number of hydrogen-bond donors (Lipinski definition) is 1. The van der Waals surface area contributed by atoms with Crippen LogP contribution in [0.25, 0.3) is 0 Å². The highest BCUT2D eigenvalue weighted by atomic mass is 35.5. The van der Waals surface area contributed by atoms with Crippen molar-refractivity contribution in [2.75, 3.05) is 18.7 Å². The number of rotatable bonds is 8. The molecule has 3 aliphatic carbocycles. The molecule has 60 heavy (non-hydrogen) atoms. The summed E-state index contributed by atoms with van der Waals surface area (Å²) in [5, 5.41) is 28.8. The highest BCUT2D eigenvalue weighted by Crippen LogP contribution is 2.60. The van der Waals surface area contributed by atoms with Gasteiger partial charge in [-0.1, -0.05) is 43.7 Å². The first-order valence-corrected chi connectivity index (χ1v) is 21.4. The Labute approximate surface area is 357 Å². The quantitative estimate of drug-likeness (QED) is 0.144. The van der Waals surface area contributed by atoms with Gasteiger partial charge >= 0.3 is 18.1 Å². The molecule has 1 aromatic rings. The number of carbonyl (C=O) groups is 5. The zero-order valence-corrected chi connectivity index (χ0v) is 37.7. The zero-order chi connectivity index (χ0) is 44.7. The Morgan fingerprint density at radius 2 is 1.72 bits per heavy atom. The van der Waals surface area contributed by atoms with Crippen molar-refractivity contribution in [1.29, 1.82) is 0 Å². The number of ether oxygens (including phenoxy) is 4. The first-order chi connectivity index (χ1) is 27.7. The Kier molecular flexibility index (Phi) is 12.0. The van der Waals surface area contributed by atoms with E-state index in [0.29, 0.717) is 25.0 Å². The Balaban J connectivity index is 1.49. The van der Waals surface area contributed by atoms with Gasteiger partial charge in [0, 0.05) is 45.0 Å². The fourth-order valence-electron chi connectivity index (χ4n) is 10.7. The number of hydroxylamine groups is 1. The van der Waals surface area contributed by atoms with Gasteiger partial charge in [-0.05, 0) is 104 Å². The number of esters is 2. The molecule has 5 aliphatic rings. The minimum Gasteiger partial charge on any atom is -0.498 e. The van der Waals surface area contributed by atoms with Crippen LogP contribution in [-0.2, 0) is 43.8 Å². The maximum Gasteiger partial charge on any atom is 0.510 e. The normalized spacial score (nSPS) is 34.2. The number of anilines is 1. The first kappa shape index (κ1) is 45.6. The summed E-state index contributed by atoms with van der Waals surface area (Å²) >= 11 is 6.73. The largest absolute Gasteiger partial charge is 0.510 e. The van der Waals surface area contributed by atoms with Gasteiger partial charge in [-0.2, -0.15) is 0 Å². The molecule has 15 nitrogen and oxygen atoms in total. The fraction of sp³-hybridized carbons (Fsp3) is 0.705. The molecule has 0 spiro atoms. The second kappa shape index (κ2) is 15.8. The van der Waals surface area contributed by atoms with Crippen LogP contribution in [0.1, 0.15) is 114 Å². The summed E-state index contributed by atoms with van der Waals surface area (Å²) < 4.78 is 23.0. The van der Waals surface area contributed by atoms with Crippen molar-refractivity contribution in [3.8, 4) is 0 Å². The van der Waals surface area contributed by atoms with Gasteiger partial charge in [0.15, 0.2) is 12.2 Å². The van der Waals surface area contributed by atoms with Crippen LogP contribution in [0.5, 0.6) is 0 Å². The molecule has 1 N–H and O–H groups in total. The van der Waals surface area contributed by atoms with Crippen LogP contribution in [0, 0.1) is 23.7 Å². The molecule has 1 aromatic carbocycles. The number of para-hydroxylation sites is 1. The third-order valence-electron chi connectivity index (χ3n) is 13.6. The molecule has 0 bridgehead atoms. The molecule has 2 heterocycles. The molecule has 1 saturated heterocycles. The summed E-state index contributed by atoms with van der Waals surface area (Å²) in [7, 11) is 1.53. The predicted octanol–water partition coefficient (Wildman–Crippen LogP) is 5.77. The van der Waals surface area contributed by atoms with E-state index < -0.39 is 93.7 Å². The van der Waals surface area contributed by atoms with Gasteiger partial charge in [0.05, 0.1) is 22.7 Å². The van der Waals surface area contributed by atoms with Crippen LogP contribution in [0.4, 0.5) is 15.3 Å². The molecule has 16 heteroatoms. The lowest BCUT2D eigenvalue weighted by atomic mass is 9.55. The van der Waals surface area contributed by atoms with E-state index in [2.05, 4.69) is 6.92 Å². The van der Waals surface area contributed by atoms with Crippen LogP contribution in [-0.4, -0.2) is 105 Å². The highest BCUT2D eigenvalue weighted by molar-refractivity contribution is 6.33. The number of amides is 2. The molecular weight excluding hydrogens is 798 g/mol. The van der Waals surface area contributed by atoms with Gasteiger partial charge in [-0.15, -0.1) is 0 Å². The molecule has 2 saturated carbocycles. The lowest BCUT2D eigenvalue weighted by Crippen LogP contribution is -2.77. The number of fused-ring (bicyclic) bond motifs is 4. The number of nitrogens with zero attached hydrogens (tertiary/aromatic N) is 3. The monoisotopic (exact) mass is 859 g/mol. The SMILES string of the molecule is CC(=O)OC1C(C)=C[C@@H]2[C@H](C(C)CN(C(C)=O)C3CC3)CC[C@@H](C)[C@]2(O)[C@H]1OC(=O)[C@@H]1C[C@@]2(OC(=O)OC(C)(C)C)c3cccc(Cl)c3N(C)O[C@H]2[N+]1(C(=O)[O-])C(C)(C)C. The molecule has 2 aliphatic heterocycles. The minimum atomic E-state index is -2.02. The summed E-state index contributed by atoms with van der Waals surface area (Å²) in [5.41, 5.74) is -5.18. The predicted molar refractivity (Wildman–Crippen MR) is 217 cm³/mol. The second-order valence-electron chi connectivity index (χ2n) is 19.7. The van der Waals surface area contributed by atoms with E-state index in [0.717, 1.165) is 12.8 Å². The number of aliphatic hydroxyl groups is 1. The maximum atomic E-state index is 15.4. The number of carboxylic acid groups (broad SMARTS) is 1. The van der Waals surface area contributed by atoms with Crippen LogP contribution in [0.15, 0.2) is 29.8 Å². The summed E-state index contributed by atoms with van der Waals surface area (Å²) in [6.45, 7) is 18.7. The number of benzene rings is 1. The molecule has 332 valence electrons. The average Bonchev–Trinajstić information content (AvgIpc) is 3.90. The van der Waals surface area contributed by atoms with E-state index in [9.17, 15) is 29.4 Å². The van der Waals surface area contributed by atoms with Crippen molar-refractivity contribution in [3.63, 3.8) is 0 Å². The van der Waals surface area contributed by atoms with Crippen LogP contribution in [0.2, 0.25) is 5.02 Å². The van der Waals surface area contributed by atoms with Crippen molar-refractivity contribution in [1.82, 2.24) is 4.90 Å². The van der Waals surface area contributed by atoms with Crippen molar-refractivity contribution in [2.24, 2.45) is 23.7 Å².